The maximum absolute atomic E-state index is 12.5. The molecule has 1 unspecified atom stereocenters. The van der Waals surface area contributed by atoms with Gasteiger partial charge < -0.3 is 10.1 Å². The van der Waals surface area contributed by atoms with Gasteiger partial charge >= 0.3 is 0 Å². The van der Waals surface area contributed by atoms with Gasteiger partial charge in [-0.1, -0.05) is 70.3 Å². The number of nitrogens with one attached hydrogen (secondary N) is 1. The van der Waals surface area contributed by atoms with E-state index in [2.05, 4.69) is 28.2 Å². The molecule has 0 radical (unpaired) electrons. The molecule has 3 rings (SSSR count). The monoisotopic (exact) mass is 524 g/mol. The quantitative estimate of drug-likeness (QED) is 0.187. The third-order valence-electron chi connectivity index (χ3n) is 4.67. The van der Waals surface area contributed by atoms with Gasteiger partial charge in [-0.05, 0) is 44.5 Å². The molecule has 174 valence electrons. The van der Waals surface area contributed by atoms with E-state index in [0.717, 1.165) is 11.3 Å². The number of rotatable bonds is 9. The maximum Gasteiger partial charge on any atom is 0.234 e. The molecule has 1 aromatic heterocycles. The zero-order valence-corrected chi connectivity index (χ0v) is 21.4. The maximum atomic E-state index is 12.5. The lowest BCUT2D eigenvalue weighted by molar-refractivity contribution is -0.113. The summed E-state index contributed by atoms with van der Waals surface area (Å²) in [7, 11) is 0. The van der Waals surface area contributed by atoms with Crippen LogP contribution in [0.15, 0.2) is 48.1 Å². The van der Waals surface area contributed by atoms with E-state index in [-0.39, 0.29) is 17.8 Å². The molecule has 0 fully saturated rings. The van der Waals surface area contributed by atoms with Gasteiger partial charge in [-0.2, -0.15) is 0 Å². The lowest BCUT2D eigenvalue weighted by Gasteiger charge is -2.17. The van der Waals surface area contributed by atoms with Gasteiger partial charge in [-0.3, -0.25) is 9.36 Å². The number of hydrogen-bond donors (Lipinski definition) is 1. The number of hydrogen-bond acceptors (Lipinski definition) is 5. The summed E-state index contributed by atoms with van der Waals surface area (Å²) in [5.74, 6) is 1.26. The molecule has 0 saturated carbocycles. The summed E-state index contributed by atoms with van der Waals surface area (Å²) in [5, 5.41) is 12.8. The molecule has 0 aliphatic rings. The van der Waals surface area contributed by atoms with Crippen LogP contribution in [-0.2, 0) is 11.3 Å². The normalized spacial score (nSPS) is 11.8. The van der Waals surface area contributed by atoms with Gasteiger partial charge in [-0.25, -0.2) is 0 Å². The van der Waals surface area contributed by atoms with Gasteiger partial charge in [0.05, 0.1) is 26.5 Å². The highest BCUT2D eigenvalue weighted by Gasteiger charge is 2.20. The Kier molecular flexibility index (Phi) is 8.70. The molecule has 0 aliphatic carbocycles. The smallest absolute Gasteiger partial charge is 0.234 e. The first kappa shape index (κ1) is 25.4. The largest absolute Gasteiger partial charge is 0.482 e. The predicted molar refractivity (Wildman–Crippen MR) is 136 cm³/mol. The summed E-state index contributed by atoms with van der Waals surface area (Å²) in [6.45, 7) is 10.2. The van der Waals surface area contributed by atoms with Gasteiger partial charge in [0, 0.05) is 6.54 Å². The fourth-order valence-corrected chi connectivity index (χ4v) is 4.47. The van der Waals surface area contributed by atoms with Crippen LogP contribution in [0.5, 0.6) is 5.75 Å². The molecule has 0 spiro atoms. The van der Waals surface area contributed by atoms with Crippen LogP contribution in [0.1, 0.15) is 30.0 Å². The summed E-state index contributed by atoms with van der Waals surface area (Å²) >= 11 is 19.3. The minimum absolute atomic E-state index is 0.0954. The molecule has 1 heterocycles. The Morgan fingerprint density at radius 1 is 1.18 bits per heavy atom. The van der Waals surface area contributed by atoms with Crippen LogP contribution < -0.4 is 10.1 Å². The Morgan fingerprint density at radius 3 is 2.61 bits per heavy atom. The standard InChI is InChI=1S/C23H23Cl3N4O2S/c1-5-8-30-22(15(4)32-20-7-6-13(2)9-14(20)3)28-29-23(30)33-12-21(31)27-19-11-17(25)16(24)10-18(19)26/h5-7,9-11,15H,1,8,12H2,2-4H3,(H,27,31). The van der Waals surface area contributed by atoms with E-state index < -0.39 is 0 Å². The second-order valence-corrected chi connectivity index (χ2v) is 9.52. The Labute approximate surface area is 212 Å². The van der Waals surface area contributed by atoms with Gasteiger partial charge in [0.25, 0.3) is 0 Å². The molecule has 0 aliphatic heterocycles. The molecule has 3 aromatic rings. The van der Waals surface area contributed by atoms with Crippen LogP contribution in [0.25, 0.3) is 0 Å². The molecular formula is C23H23Cl3N4O2S. The molecule has 0 saturated heterocycles. The van der Waals surface area contributed by atoms with Crippen molar-refractivity contribution in [3.63, 3.8) is 0 Å². The third kappa shape index (κ3) is 6.44. The Morgan fingerprint density at radius 2 is 1.91 bits per heavy atom. The van der Waals surface area contributed by atoms with E-state index in [1.165, 1.54) is 29.5 Å². The van der Waals surface area contributed by atoms with Gasteiger partial charge in [0.1, 0.15) is 5.75 Å². The number of carbonyl (C=O) groups excluding carboxylic acids is 1. The molecule has 6 nitrogen and oxygen atoms in total. The number of aromatic nitrogens is 3. The molecule has 1 atom stereocenters. The number of benzene rings is 2. The van der Waals surface area contributed by atoms with Crippen molar-refractivity contribution in [2.45, 2.75) is 38.6 Å². The number of ether oxygens (including phenoxy) is 1. The molecule has 10 heteroatoms. The van der Waals surface area contributed by atoms with E-state index >= 15 is 0 Å². The summed E-state index contributed by atoms with van der Waals surface area (Å²) in [6.07, 6.45) is 1.40. The third-order valence-corrected chi connectivity index (χ3v) is 6.67. The summed E-state index contributed by atoms with van der Waals surface area (Å²) in [4.78, 5) is 12.5. The van der Waals surface area contributed by atoms with E-state index in [4.69, 9.17) is 39.5 Å². The number of halogens is 3. The van der Waals surface area contributed by atoms with E-state index in [9.17, 15) is 4.79 Å². The fourth-order valence-electron chi connectivity index (χ4n) is 3.12. The number of nitrogens with zero attached hydrogens (tertiary/aromatic N) is 3. The Balaban J connectivity index is 1.70. The predicted octanol–water partition coefficient (Wildman–Crippen LogP) is 6.91. The molecule has 1 N–H and O–H groups in total. The van der Waals surface area contributed by atoms with Gasteiger partial charge in [-0.15, -0.1) is 16.8 Å². The average Bonchev–Trinajstić information content (AvgIpc) is 3.15. The number of thioether (sulfide) groups is 1. The van der Waals surface area contributed by atoms with Crippen LogP contribution in [0, 0.1) is 13.8 Å². The van der Waals surface area contributed by atoms with Gasteiger partial charge in [0.2, 0.25) is 5.91 Å². The van der Waals surface area contributed by atoms with Crippen molar-refractivity contribution in [1.29, 1.82) is 0 Å². The molecular weight excluding hydrogens is 503 g/mol. The number of carbonyl (C=O) groups is 1. The average molecular weight is 526 g/mol. The molecule has 33 heavy (non-hydrogen) atoms. The van der Waals surface area contributed by atoms with Crippen molar-refractivity contribution in [3.05, 3.63) is 75.0 Å². The minimum Gasteiger partial charge on any atom is -0.482 e. The van der Waals surface area contributed by atoms with Crippen molar-refractivity contribution in [2.75, 3.05) is 11.1 Å². The highest BCUT2D eigenvalue weighted by molar-refractivity contribution is 7.99. The van der Waals surface area contributed by atoms with Crippen molar-refractivity contribution in [1.82, 2.24) is 14.8 Å². The van der Waals surface area contributed by atoms with Crippen molar-refractivity contribution in [3.8, 4) is 5.75 Å². The summed E-state index contributed by atoms with van der Waals surface area (Å²) < 4.78 is 8.02. The number of anilines is 1. The van der Waals surface area contributed by atoms with Crippen LogP contribution >= 0.6 is 46.6 Å². The van der Waals surface area contributed by atoms with E-state index in [0.29, 0.717) is 38.3 Å². The van der Waals surface area contributed by atoms with Crippen molar-refractivity contribution in [2.24, 2.45) is 0 Å². The van der Waals surface area contributed by atoms with Gasteiger partial charge in [0.15, 0.2) is 17.1 Å². The SMILES string of the molecule is C=CCn1c(SCC(=O)Nc2cc(Cl)c(Cl)cc2Cl)nnc1C(C)Oc1ccc(C)cc1C. The van der Waals surface area contributed by atoms with Crippen molar-refractivity contribution >= 4 is 58.2 Å². The lowest BCUT2D eigenvalue weighted by Crippen LogP contribution is -2.16. The Hall–Kier alpha value is -2.19. The fraction of sp³-hybridized carbons (Fsp3) is 0.261. The number of amides is 1. The Bertz CT molecular complexity index is 1180. The first-order chi connectivity index (χ1) is 15.7. The molecule has 2 aromatic carbocycles. The highest BCUT2D eigenvalue weighted by atomic mass is 35.5. The number of aryl methyl sites for hydroxylation is 2. The van der Waals surface area contributed by atoms with E-state index in [1.54, 1.807) is 6.08 Å². The molecule has 1 amide bonds. The highest BCUT2D eigenvalue weighted by Crippen LogP contribution is 2.32. The second-order valence-electron chi connectivity index (χ2n) is 7.35. The first-order valence-corrected chi connectivity index (χ1v) is 12.2. The van der Waals surface area contributed by atoms with Crippen LogP contribution in [-0.4, -0.2) is 26.4 Å². The van der Waals surface area contributed by atoms with Crippen LogP contribution in [0.4, 0.5) is 5.69 Å². The summed E-state index contributed by atoms with van der Waals surface area (Å²) in [5.41, 5.74) is 2.60. The minimum atomic E-state index is -0.350. The zero-order valence-electron chi connectivity index (χ0n) is 18.4. The van der Waals surface area contributed by atoms with E-state index in [1.807, 2.05) is 37.5 Å². The van der Waals surface area contributed by atoms with Crippen LogP contribution in [0.3, 0.4) is 0 Å². The van der Waals surface area contributed by atoms with Crippen molar-refractivity contribution < 1.29 is 9.53 Å². The number of allylic oxidation sites excluding steroid dienone is 1. The van der Waals surface area contributed by atoms with Crippen LogP contribution in [0.2, 0.25) is 15.1 Å². The summed E-state index contributed by atoms with van der Waals surface area (Å²) in [6, 6.07) is 9.02. The zero-order chi connectivity index (χ0) is 24.1. The first-order valence-electron chi connectivity index (χ1n) is 10.0. The lowest BCUT2D eigenvalue weighted by atomic mass is 10.1. The topological polar surface area (TPSA) is 69.0 Å². The molecule has 0 bridgehead atoms. The second kappa shape index (κ2) is 11.3.